The lowest BCUT2D eigenvalue weighted by molar-refractivity contribution is -0.117. The van der Waals surface area contributed by atoms with E-state index < -0.39 is 39.9 Å². The number of imidazole rings is 1. The summed E-state index contributed by atoms with van der Waals surface area (Å²) >= 11 is 0. The van der Waals surface area contributed by atoms with Gasteiger partial charge in [0.05, 0.1) is 18.1 Å². The van der Waals surface area contributed by atoms with Crippen LogP contribution in [0.1, 0.15) is 31.7 Å². The highest BCUT2D eigenvalue weighted by atomic mass is 32.2. The second kappa shape index (κ2) is 7.04. The van der Waals surface area contributed by atoms with Crippen LogP contribution in [0.25, 0.3) is 11.3 Å². The maximum absolute atomic E-state index is 15.2. The number of aromatic nitrogens is 2. The second-order valence-corrected chi connectivity index (χ2v) is 8.77. The van der Waals surface area contributed by atoms with E-state index in [1.165, 1.54) is 12.1 Å². The van der Waals surface area contributed by atoms with E-state index in [-0.39, 0.29) is 23.2 Å². The quantitative estimate of drug-likeness (QED) is 0.781. The molecule has 2 aromatic rings. The van der Waals surface area contributed by atoms with Gasteiger partial charge in [0.2, 0.25) is 0 Å². The molecule has 2 aliphatic rings. The van der Waals surface area contributed by atoms with Crippen LogP contribution in [0.5, 0.6) is 5.75 Å². The number of hydrogen-bond donors (Lipinski definition) is 2. The van der Waals surface area contributed by atoms with E-state index in [9.17, 15) is 18.3 Å². The van der Waals surface area contributed by atoms with Crippen molar-refractivity contribution >= 4 is 21.8 Å². The summed E-state index contributed by atoms with van der Waals surface area (Å²) in [5.74, 6) is -2.33. The highest BCUT2D eigenvalue weighted by Crippen LogP contribution is 2.39. The van der Waals surface area contributed by atoms with Gasteiger partial charge < -0.3 is 9.67 Å². The molecule has 1 amide bonds. The molecule has 1 aliphatic heterocycles. The molecule has 11 heteroatoms. The average molecular weight is 419 g/mol. The Bertz CT molecular complexity index is 1120. The molecular weight excluding hydrogens is 401 g/mol. The summed E-state index contributed by atoms with van der Waals surface area (Å²) in [6.07, 6.45) is 6.46. The first-order valence-corrected chi connectivity index (χ1v) is 10.5. The van der Waals surface area contributed by atoms with Crippen molar-refractivity contribution < 1.29 is 22.7 Å². The number of halogens is 1. The summed E-state index contributed by atoms with van der Waals surface area (Å²) in [6, 6.07) is 4.92. The number of phenols is 1. The van der Waals surface area contributed by atoms with Crippen LogP contribution in [0.2, 0.25) is 0 Å². The van der Waals surface area contributed by atoms with E-state index in [4.69, 9.17) is 5.26 Å². The molecule has 2 N–H and O–H groups in total. The van der Waals surface area contributed by atoms with Gasteiger partial charge in [0, 0.05) is 23.7 Å². The first-order chi connectivity index (χ1) is 13.8. The van der Waals surface area contributed by atoms with Gasteiger partial charge in [-0.1, -0.05) is 0 Å². The average Bonchev–Trinajstić information content (AvgIpc) is 3.26. The van der Waals surface area contributed by atoms with Crippen molar-refractivity contribution in [1.29, 1.82) is 5.26 Å². The molecule has 0 bridgehead atoms. The number of hydrogen-bond acceptors (Lipinski definition) is 6. The van der Waals surface area contributed by atoms with Crippen LogP contribution in [0, 0.1) is 23.1 Å². The Kier molecular flexibility index (Phi) is 4.66. The molecule has 1 aromatic carbocycles. The third-order valence-corrected chi connectivity index (χ3v) is 6.72. The van der Waals surface area contributed by atoms with Crippen LogP contribution >= 0.6 is 0 Å². The van der Waals surface area contributed by atoms with Crippen LogP contribution in [0.4, 0.5) is 10.1 Å². The fraction of sp³-hybridized carbons (Fsp3) is 0.389. The van der Waals surface area contributed by atoms with E-state index in [0.29, 0.717) is 4.31 Å². The number of anilines is 1. The van der Waals surface area contributed by atoms with Crippen LogP contribution in [0.3, 0.4) is 0 Å². The van der Waals surface area contributed by atoms with Gasteiger partial charge in [0.15, 0.2) is 5.82 Å². The van der Waals surface area contributed by atoms with Gasteiger partial charge >= 0.3 is 10.2 Å². The Labute approximate surface area is 166 Å². The van der Waals surface area contributed by atoms with E-state index >= 15 is 4.39 Å². The molecule has 29 heavy (non-hydrogen) atoms. The number of carbonyl (C=O) groups excluding carboxylic acids is 1. The fourth-order valence-electron chi connectivity index (χ4n) is 3.81. The molecule has 0 radical (unpaired) electrons. The molecule has 4 rings (SSSR count). The van der Waals surface area contributed by atoms with Crippen molar-refractivity contribution in [3.8, 4) is 23.1 Å². The monoisotopic (exact) mass is 419 g/mol. The van der Waals surface area contributed by atoms with Crippen LogP contribution in [-0.2, 0) is 15.0 Å². The van der Waals surface area contributed by atoms with Crippen molar-refractivity contribution in [2.45, 2.75) is 31.7 Å². The number of benzene rings is 1. The summed E-state index contributed by atoms with van der Waals surface area (Å²) in [5, 5.41) is 19.1. The summed E-state index contributed by atoms with van der Waals surface area (Å²) < 4.78 is 43.4. The molecule has 1 saturated carbocycles. The molecule has 0 unspecified atom stereocenters. The Hall–Kier alpha value is -3.13. The number of amides is 1. The predicted molar refractivity (Wildman–Crippen MR) is 100 cm³/mol. The van der Waals surface area contributed by atoms with E-state index in [2.05, 4.69) is 11.1 Å². The minimum Gasteiger partial charge on any atom is -0.506 e. The van der Waals surface area contributed by atoms with Crippen molar-refractivity contribution in [1.82, 2.24) is 14.3 Å². The molecule has 152 valence electrons. The minimum atomic E-state index is -4.27. The molecule has 1 aliphatic carbocycles. The summed E-state index contributed by atoms with van der Waals surface area (Å²) in [6.45, 7) is -0.618. The third-order valence-electron chi connectivity index (χ3n) is 5.34. The molecule has 0 spiro atoms. The number of phenolic OH excluding ortho intramolecular Hbond substituents is 1. The highest BCUT2D eigenvalue weighted by Gasteiger charge is 2.38. The molecule has 2 heterocycles. The number of rotatable bonds is 3. The normalized spacial score (nSPS) is 23.6. The summed E-state index contributed by atoms with van der Waals surface area (Å²) in [5.41, 5.74) is -0.302. The lowest BCUT2D eigenvalue weighted by Gasteiger charge is -2.25. The van der Waals surface area contributed by atoms with E-state index in [1.54, 1.807) is 17.2 Å². The Morgan fingerprint density at radius 3 is 2.62 bits per heavy atom. The highest BCUT2D eigenvalue weighted by molar-refractivity contribution is 7.92. The zero-order valence-corrected chi connectivity index (χ0v) is 16.1. The SMILES string of the molecule is N#C[C@H]1CC[C@@H](n2cnc(-c3ccc(O)c(N4CC(=O)NS4(=O)=O)c3F)c2)CC1. The molecule has 1 saturated heterocycles. The number of aromatic hydroxyl groups is 1. The zero-order valence-electron chi connectivity index (χ0n) is 15.2. The van der Waals surface area contributed by atoms with Crippen molar-refractivity contribution in [3.63, 3.8) is 0 Å². The number of nitrogens with one attached hydrogen (secondary N) is 1. The Morgan fingerprint density at radius 1 is 1.28 bits per heavy atom. The molecular formula is C18H18FN5O4S. The lowest BCUT2D eigenvalue weighted by atomic mass is 9.87. The standard InChI is InChI=1S/C18H18FN5O4S/c19-17-13(5-6-15(25)18(17)24-9-16(26)22-29(24,27)28)14-8-23(10-21-14)12-3-1-11(7-20)2-4-12/h5-6,8,10-12,25H,1-4,9H2,(H,22,26)/t11-,12+. The lowest BCUT2D eigenvalue weighted by Crippen LogP contribution is -2.30. The number of nitrogens with zero attached hydrogens (tertiary/aromatic N) is 4. The van der Waals surface area contributed by atoms with Crippen LogP contribution in [0.15, 0.2) is 24.7 Å². The second-order valence-electron chi connectivity index (χ2n) is 7.17. The Balaban J connectivity index is 1.67. The predicted octanol–water partition coefficient (Wildman–Crippen LogP) is 1.83. The Morgan fingerprint density at radius 2 is 2.00 bits per heavy atom. The van der Waals surface area contributed by atoms with E-state index in [0.717, 1.165) is 25.7 Å². The van der Waals surface area contributed by atoms with Crippen molar-refractivity contribution in [2.75, 3.05) is 10.8 Å². The maximum Gasteiger partial charge on any atom is 0.326 e. The van der Waals surface area contributed by atoms with Crippen LogP contribution < -0.4 is 9.03 Å². The van der Waals surface area contributed by atoms with Gasteiger partial charge in [-0.25, -0.2) is 18.4 Å². The first-order valence-electron chi connectivity index (χ1n) is 9.08. The van der Waals surface area contributed by atoms with Crippen LogP contribution in [-0.4, -0.2) is 35.5 Å². The minimum absolute atomic E-state index is 0.0109. The summed E-state index contributed by atoms with van der Waals surface area (Å²) in [7, 11) is -4.27. The van der Waals surface area contributed by atoms with Gasteiger partial charge in [0.25, 0.3) is 5.91 Å². The maximum atomic E-state index is 15.2. The zero-order chi connectivity index (χ0) is 20.8. The van der Waals surface area contributed by atoms with Gasteiger partial charge in [-0.15, -0.1) is 0 Å². The first kappa shape index (κ1) is 19.2. The van der Waals surface area contributed by atoms with E-state index in [1.807, 2.05) is 4.57 Å². The molecule has 0 atom stereocenters. The van der Waals surface area contributed by atoms with Crippen molar-refractivity contribution in [3.05, 3.63) is 30.5 Å². The topological polar surface area (TPSA) is 128 Å². The van der Waals surface area contributed by atoms with Gasteiger partial charge in [-0.3, -0.25) is 4.79 Å². The van der Waals surface area contributed by atoms with Gasteiger partial charge in [-0.05, 0) is 37.8 Å². The number of nitriles is 1. The molecule has 1 aromatic heterocycles. The fourth-order valence-corrected chi connectivity index (χ4v) is 4.98. The van der Waals surface area contributed by atoms with Crippen molar-refractivity contribution in [2.24, 2.45) is 5.92 Å². The van der Waals surface area contributed by atoms with Gasteiger partial charge in [0.1, 0.15) is 18.0 Å². The smallest absolute Gasteiger partial charge is 0.326 e. The van der Waals surface area contributed by atoms with Gasteiger partial charge in [-0.2, -0.15) is 13.7 Å². The number of carbonyl (C=O) groups is 1. The summed E-state index contributed by atoms with van der Waals surface area (Å²) in [4.78, 5) is 15.7. The molecule has 9 nitrogen and oxygen atoms in total. The molecule has 2 fully saturated rings. The third kappa shape index (κ3) is 3.40. The largest absolute Gasteiger partial charge is 0.506 e.